The van der Waals surface area contributed by atoms with Gasteiger partial charge in [-0.3, -0.25) is 0 Å². The summed E-state index contributed by atoms with van der Waals surface area (Å²) in [6, 6.07) is 6.83. The van der Waals surface area contributed by atoms with Gasteiger partial charge in [0.25, 0.3) is 0 Å². The molecule has 1 rings (SSSR count). The summed E-state index contributed by atoms with van der Waals surface area (Å²) in [6.07, 6.45) is 27.9. The van der Waals surface area contributed by atoms with Gasteiger partial charge in [0.15, 0.2) is 0 Å². The molecule has 0 amide bonds. The van der Waals surface area contributed by atoms with Crippen LogP contribution in [0.2, 0.25) is 0 Å². The summed E-state index contributed by atoms with van der Waals surface area (Å²) in [7, 11) is 4.35. The van der Waals surface area contributed by atoms with E-state index in [1.165, 1.54) is 116 Å². The van der Waals surface area contributed by atoms with Crippen LogP contribution in [0.25, 0.3) is 0 Å². The molecule has 0 spiro atoms. The summed E-state index contributed by atoms with van der Waals surface area (Å²) in [5.74, 6) is -0.901. The van der Waals surface area contributed by atoms with Crippen molar-refractivity contribution in [1.29, 1.82) is 0 Å². The Morgan fingerprint density at radius 3 is 1.07 bits per heavy atom. The molecule has 0 saturated heterocycles. The first-order valence-corrected chi connectivity index (χ1v) is 19.3. The van der Waals surface area contributed by atoms with Crippen molar-refractivity contribution >= 4 is 11.9 Å². The number of unbranched alkanes of at least 4 members (excludes halogenated alkanes) is 18. The van der Waals surface area contributed by atoms with Crippen LogP contribution in [-0.2, 0) is 9.47 Å². The molecule has 0 aliphatic carbocycles. The summed E-state index contributed by atoms with van der Waals surface area (Å²) in [5.41, 5.74) is 0.575. The molecule has 0 atom stereocenters. The quantitative estimate of drug-likeness (QED) is 0.0574. The van der Waals surface area contributed by atoms with Crippen molar-refractivity contribution in [3.05, 3.63) is 35.4 Å². The second-order valence-corrected chi connectivity index (χ2v) is 13.5. The maximum absolute atomic E-state index is 12.8. The third kappa shape index (κ3) is 23.4. The van der Waals surface area contributed by atoms with E-state index in [-0.39, 0.29) is 11.1 Å². The molecule has 1 aromatic carbocycles. The number of rotatable bonds is 32. The second kappa shape index (κ2) is 30.4. The number of carbonyl (C=O) groups is 2. The maximum atomic E-state index is 12.8. The number of benzene rings is 1. The Morgan fingerprint density at radius 2 is 0.739 bits per heavy atom. The maximum Gasteiger partial charge on any atom is 0.339 e. The SMILES string of the molecule is CCCCCCCCCCCN(C)CCCCOC(=O)c1ccccc1C(=O)OCCCCN(C)CCCCCCCCCCC. The van der Waals surface area contributed by atoms with Crippen LogP contribution >= 0.6 is 0 Å². The van der Waals surface area contributed by atoms with E-state index in [4.69, 9.17) is 9.47 Å². The van der Waals surface area contributed by atoms with Gasteiger partial charge in [-0.15, -0.1) is 0 Å². The lowest BCUT2D eigenvalue weighted by Gasteiger charge is -2.16. The Morgan fingerprint density at radius 1 is 0.457 bits per heavy atom. The van der Waals surface area contributed by atoms with Crippen molar-refractivity contribution in [1.82, 2.24) is 9.80 Å². The number of nitrogens with zero attached hydrogens (tertiary/aromatic N) is 2. The highest BCUT2D eigenvalue weighted by atomic mass is 16.5. The van der Waals surface area contributed by atoms with Gasteiger partial charge in [-0.25, -0.2) is 9.59 Å². The minimum absolute atomic E-state index is 0.288. The molecule has 0 fully saturated rings. The highest BCUT2D eigenvalue weighted by Gasteiger charge is 2.19. The molecule has 0 aliphatic rings. The van der Waals surface area contributed by atoms with Crippen LogP contribution in [0.3, 0.4) is 0 Å². The normalized spacial score (nSPS) is 11.4. The first-order valence-electron chi connectivity index (χ1n) is 19.3. The highest BCUT2D eigenvalue weighted by Crippen LogP contribution is 2.14. The predicted molar refractivity (Wildman–Crippen MR) is 195 cm³/mol. The molecule has 0 heterocycles. The summed E-state index contributed by atoms with van der Waals surface area (Å²) >= 11 is 0. The van der Waals surface area contributed by atoms with E-state index in [0.29, 0.717) is 13.2 Å². The number of hydrogen-bond donors (Lipinski definition) is 0. The molecule has 0 bridgehead atoms. The molecule has 0 saturated carbocycles. The summed E-state index contributed by atoms with van der Waals surface area (Å²) < 4.78 is 11.1. The van der Waals surface area contributed by atoms with E-state index in [2.05, 4.69) is 37.7 Å². The Hall–Kier alpha value is -1.92. The van der Waals surface area contributed by atoms with Crippen LogP contribution in [0.1, 0.15) is 176 Å². The van der Waals surface area contributed by atoms with Crippen LogP contribution in [0, 0.1) is 0 Å². The third-order valence-corrected chi connectivity index (χ3v) is 8.99. The van der Waals surface area contributed by atoms with Crippen molar-refractivity contribution < 1.29 is 19.1 Å². The molecular formula is C40H72N2O4. The van der Waals surface area contributed by atoms with E-state index >= 15 is 0 Å². The molecule has 0 N–H and O–H groups in total. The Balaban J connectivity index is 2.13. The van der Waals surface area contributed by atoms with E-state index in [1.807, 2.05) is 0 Å². The summed E-state index contributed by atoms with van der Waals surface area (Å²) in [6.45, 7) is 9.52. The lowest BCUT2D eigenvalue weighted by Crippen LogP contribution is -2.21. The van der Waals surface area contributed by atoms with Crippen molar-refractivity contribution in [2.75, 3.05) is 53.5 Å². The number of hydrogen-bond acceptors (Lipinski definition) is 6. The van der Waals surface area contributed by atoms with Crippen molar-refractivity contribution in [2.24, 2.45) is 0 Å². The molecule has 6 heteroatoms. The van der Waals surface area contributed by atoms with Crippen LogP contribution in [-0.4, -0.2) is 75.2 Å². The molecule has 266 valence electrons. The standard InChI is InChI=1S/C40H72N2O4/c1-5-7-9-11-13-15-17-19-23-31-41(3)33-25-27-35-45-39(43)37-29-21-22-30-38(37)40(44)46-36-28-26-34-42(4)32-24-20-18-16-14-12-10-8-6-2/h21-22,29-30H,5-20,23-28,31-36H2,1-4H3. The van der Waals surface area contributed by atoms with Crippen molar-refractivity contribution in [2.45, 2.75) is 155 Å². The fraction of sp³-hybridized carbons (Fsp3) is 0.800. The van der Waals surface area contributed by atoms with E-state index in [1.54, 1.807) is 24.3 Å². The number of carbonyl (C=O) groups excluding carboxylic acids is 2. The van der Waals surface area contributed by atoms with Crippen LogP contribution in [0.5, 0.6) is 0 Å². The van der Waals surface area contributed by atoms with E-state index < -0.39 is 11.9 Å². The molecule has 0 unspecified atom stereocenters. The average molecular weight is 645 g/mol. The molecular weight excluding hydrogens is 572 g/mol. The Bertz CT molecular complexity index is 792. The zero-order chi connectivity index (χ0) is 33.5. The van der Waals surface area contributed by atoms with Gasteiger partial charge in [0, 0.05) is 0 Å². The predicted octanol–water partition coefficient (Wildman–Crippen LogP) is 10.5. The molecule has 46 heavy (non-hydrogen) atoms. The van der Waals surface area contributed by atoms with Gasteiger partial charge >= 0.3 is 11.9 Å². The summed E-state index contributed by atoms with van der Waals surface area (Å²) in [5, 5.41) is 0. The lowest BCUT2D eigenvalue weighted by atomic mass is 10.1. The second-order valence-electron chi connectivity index (χ2n) is 13.5. The minimum Gasteiger partial charge on any atom is -0.462 e. The van der Waals surface area contributed by atoms with Gasteiger partial charge in [0.1, 0.15) is 0 Å². The van der Waals surface area contributed by atoms with Crippen molar-refractivity contribution in [3.63, 3.8) is 0 Å². The molecule has 6 nitrogen and oxygen atoms in total. The fourth-order valence-electron chi connectivity index (χ4n) is 5.90. The molecule has 0 radical (unpaired) electrons. The van der Waals surface area contributed by atoms with Crippen LogP contribution < -0.4 is 0 Å². The monoisotopic (exact) mass is 645 g/mol. The Kier molecular flexibility index (Phi) is 27.8. The first-order chi connectivity index (χ1) is 22.5. The van der Waals surface area contributed by atoms with Gasteiger partial charge in [0.05, 0.1) is 24.3 Å². The molecule has 1 aromatic rings. The Labute approximate surface area is 284 Å². The van der Waals surface area contributed by atoms with Gasteiger partial charge in [0.2, 0.25) is 0 Å². The fourth-order valence-corrected chi connectivity index (χ4v) is 5.90. The highest BCUT2D eigenvalue weighted by molar-refractivity contribution is 6.03. The average Bonchev–Trinajstić information content (AvgIpc) is 3.06. The molecule has 0 aromatic heterocycles. The lowest BCUT2D eigenvalue weighted by molar-refractivity contribution is 0.0448. The summed E-state index contributed by atoms with van der Waals surface area (Å²) in [4.78, 5) is 30.3. The van der Waals surface area contributed by atoms with Gasteiger partial charge in [-0.05, 0) is 90.9 Å². The van der Waals surface area contributed by atoms with Crippen LogP contribution in [0.15, 0.2) is 24.3 Å². The zero-order valence-electron chi connectivity index (χ0n) is 30.6. The first kappa shape index (κ1) is 42.1. The zero-order valence-corrected chi connectivity index (χ0v) is 30.6. The topological polar surface area (TPSA) is 59.1 Å². The number of ether oxygens (including phenoxy) is 2. The van der Waals surface area contributed by atoms with E-state index in [0.717, 1.165) is 51.9 Å². The molecule has 0 aliphatic heterocycles. The number of esters is 2. The van der Waals surface area contributed by atoms with Crippen molar-refractivity contribution in [3.8, 4) is 0 Å². The largest absolute Gasteiger partial charge is 0.462 e. The van der Waals surface area contributed by atoms with Crippen LogP contribution in [0.4, 0.5) is 0 Å². The van der Waals surface area contributed by atoms with Gasteiger partial charge in [-0.2, -0.15) is 0 Å². The third-order valence-electron chi connectivity index (χ3n) is 8.99. The van der Waals surface area contributed by atoms with Gasteiger partial charge < -0.3 is 19.3 Å². The van der Waals surface area contributed by atoms with Gasteiger partial charge in [-0.1, -0.05) is 129 Å². The van der Waals surface area contributed by atoms with E-state index in [9.17, 15) is 9.59 Å². The smallest absolute Gasteiger partial charge is 0.339 e. The minimum atomic E-state index is -0.450.